The van der Waals surface area contributed by atoms with Gasteiger partial charge in [0.2, 0.25) is 6.67 Å². The number of hydrogen-bond donors (Lipinski definition) is 0. The summed E-state index contributed by atoms with van der Waals surface area (Å²) in [6.45, 7) is 10.6. The van der Waals surface area contributed by atoms with Crippen LogP contribution in [0.2, 0.25) is 0 Å². The maximum absolute atomic E-state index is 14.3. The highest BCUT2D eigenvalue weighted by molar-refractivity contribution is 7.70. The SMILES string of the molecule is Cc1cc(C)c(P(C2=CN(C3CCCCC3)[C]N2C2CCCCC2)C(c2ccc(F)cc2)c2ccc(F)cc2)c(C)c1. The monoisotopic (exact) mass is 584 g/mol. The van der Waals surface area contributed by atoms with Crippen LogP contribution in [0.25, 0.3) is 0 Å². The van der Waals surface area contributed by atoms with Crippen molar-refractivity contribution in [2.24, 2.45) is 0 Å². The molecule has 2 saturated carbocycles. The zero-order valence-corrected chi connectivity index (χ0v) is 26.1. The third-order valence-electron chi connectivity index (χ3n) is 9.39. The molecule has 0 saturated heterocycles. The highest BCUT2D eigenvalue weighted by atomic mass is 31.1. The van der Waals surface area contributed by atoms with E-state index in [1.54, 1.807) is 24.3 Å². The third kappa shape index (κ3) is 6.16. The quantitative estimate of drug-likeness (QED) is 0.255. The Morgan fingerprint density at radius 3 is 1.67 bits per heavy atom. The lowest BCUT2D eigenvalue weighted by molar-refractivity contribution is 0.182. The number of halogens is 2. The van der Waals surface area contributed by atoms with Gasteiger partial charge in [-0.25, -0.2) is 8.78 Å². The van der Waals surface area contributed by atoms with Crippen molar-refractivity contribution in [3.05, 3.63) is 118 Å². The van der Waals surface area contributed by atoms with Gasteiger partial charge in [-0.2, -0.15) is 0 Å². The minimum atomic E-state index is -1.02. The van der Waals surface area contributed by atoms with E-state index in [4.69, 9.17) is 0 Å². The molecule has 1 unspecified atom stereocenters. The largest absolute Gasteiger partial charge is 0.343 e. The summed E-state index contributed by atoms with van der Waals surface area (Å²) in [7, 11) is -1.02. The van der Waals surface area contributed by atoms with Crippen LogP contribution in [0.15, 0.2) is 72.3 Å². The Balaban J connectivity index is 1.57. The molecular formula is C37H43F2N2P. The van der Waals surface area contributed by atoms with Crippen LogP contribution >= 0.6 is 7.92 Å². The molecule has 3 aromatic rings. The van der Waals surface area contributed by atoms with Gasteiger partial charge in [0.15, 0.2) is 0 Å². The average molecular weight is 585 g/mol. The lowest BCUT2D eigenvalue weighted by atomic mass is 9.94. The Morgan fingerprint density at radius 1 is 0.690 bits per heavy atom. The van der Waals surface area contributed by atoms with Crippen molar-refractivity contribution >= 4 is 13.2 Å². The second-order valence-electron chi connectivity index (χ2n) is 12.6. The molecule has 5 heteroatoms. The van der Waals surface area contributed by atoms with Gasteiger partial charge in [-0.05, 0) is 106 Å². The highest BCUT2D eigenvalue weighted by Crippen LogP contribution is 2.63. The zero-order chi connectivity index (χ0) is 29.2. The lowest BCUT2D eigenvalue weighted by Gasteiger charge is -2.40. The average Bonchev–Trinajstić information content (AvgIpc) is 3.44. The number of rotatable bonds is 7. The molecule has 1 atom stereocenters. The van der Waals surface area contributed by atoms with E-state index >= 15 is 0 Å². The second kappa shape index (κ2) is 12.9. The standard InChI is InChI=1S/C37H43F2N2P/c1-26-22-27(2)36(28(3)23-26)42(37(29-14-18-31(38)19-15-29)30-16-20-32(39)21-17-30)35-24-40(33-10-6-4-7-11-33)25-41(35)34-12-8-5-9-13-34/h14-24,33-34,37H,4-13H2,1-3H3. The van der Waals surface area contributed by atoms with Gasteiger partial charge in [0, 0.05) is 23.9 Å². The molecular weight excluding hydrogens is 541 g/mol. The summed E-state index contributed by atoms with van der Waals surface area (Å²) in [4.78, 5) is 4.95. The Hall–Kier alpha value is -2.71. The lowest BCUT2D eigenvalue weighted by Crippen LogP contribution is -2.37. The van der Waals surface area contributed by atoms with Crippen LogP contribution in [-0.2, 0) is 0 Å². The fourth-order valence-corrected chi connectivity index (χ4v) is 10.7. The highest BCUT2D eigenvalue weighted by Gasteiger charge is 2.41. The maximum Gasteiger partial charge on any atom is 0.208 e. The van der Waals surface area contributed by atoms with Crippen LogP contribution in [-0.4, -0.2) is 21.9 Å². The van der Waals surface area contributed by atoms with Crippen molar-refractivity contribution in [1.82, 2.24) is 9.80 Å². The first-order chi connectivity index (χ1) is 20.4. The molecule has 220 valence electrons. The Morgan fingerprint density at radius 2 is 1.17 bits per heavy atom. The molecule has 2 aliphatic carbocycles. The fraction of sp³-hybridized carbons (Fsp3) is 0.432. The normalized spacial score (nSPS) is 19.4. The number of aryl methyl sites for hydroxylation is 3. The van der Waals surface area contributed by atoms with Crippen molar-refractivity contribution in [1.29, 1.82) is 0 Å². The predicted molar refractivity (Wildman–Crippen MR) is 171 cm³/mol. The summed E-state index contributed by atoms with van der Waals surface area (Å²) in [5.41, 5.74) is 7.23. The minimum absolute atomic E-state index is 0.0632. The van der Waals surface area contributed by atoms with Crippen molar-refractivity contribution in [2.45, 2.75) is 103 Å². The van der Waals surface area contributed by atoms with E-state index in [0.29, 0.717) is 12.1 Å². The maximum atomic E-state index is 14.3. The summed E-state index contributed by atoms with van der Waals surface area (Å²) in [6.07, 6.45) is 14.8. The fourth-order valence-electron chi connectivity index (χ4n) is 7.43. The molecule has 3 aromatic carbocycles. The Labute approximate surface area is 252 Å². The molecule has 1 aliphatic heterocycles. The Bertz CT molecular complexity index is 1320. The van der Waals surface area contributed by atoms with E-state index in [2.05, 4.69) is 55.6 Å². The van der Waals surface area contributed by atoms with E-state index in [9.17, 15) is 8.78 Å². The summed E-state index contributed by atoms with van der Waals surface area (Å²) >= 11 is 0. The minimum Gasteiger partial charge on any atom is -0.343 e. The van der Waals surface area contributed by atoms with Crippen molar-refractivity contribution in [3.63, 3.8) is 0 Å². The van der Waals surface area contributed by atoms with Crippen molar-refractivity contribution in [3.8, 4) is 0 Å². The summed E-state index contributed by atoms with van der Waals surface area (Å²) in [5.74, 6) is -0.477. The van der Waals surface area contributed by atoms with E-state index in [-0.39, 0.29) is 17.3 Å². The van der Waals surface area contributed by atoms with Crippen LogP contribution < -0.4 is 5.30 Å². The molecule has 0 N–H and O–H groups in total. The third-order valence-corrected chi connectivity index (χ3v) is 12.5. The molecule has 6 rings (SSSR count). The van der Waals surface area contributed by atoms with Crippen LogP contribution in [0.4, 0.5) is 8.78 Å². The number of hydrogen-bond acceptors (Lipinski definition) is 2. The second-order valence-corrected chi connectivity index (χ2v) is 14.7. The van der Waals surface area contributed by atoms with Crippen molar-refractivity contribution in [2.75, 3.05) is 0 Å². The van der Waals surface area contributed by atoms with E-state index in [1.165, 1.54) is 91.6 Å². The first kappa shape index (κ1) is 29.4. The first-order valence-electron chi connectivity index (χ1n) is 15.8. The van der Waals surface area contributed by atoms with Gasteiger partial charge in [-0.15, -0.1) is 0 Å². The molecule has 2 radical (unpaired) electrons. The van der Waals surface area contributed by atoms with E-state index < -0.39 is 7.92 Å². The summed E-state index contributed by atoms with van der Waals surface area (Å²) in [5, 5.41) is 1.37. The summed E-state index contributed by atoms with van der Waals surface area (Å²) in [6, 6.07) is 19.5. The summed E-state index contributed by atoms with van der Waals surface area (Å²) < 4.78 is 28.6. The van der Waals surface area contributed by atoms with Crippen LogP contribution in [0.3, 0.4) is 0 Å². The molecule has 0 aromatic heterocycles. The smallest absolute Gasteiger partial charge is 0.208 e. The van der Waals surface area contributed by atoms with Gasteiger partial charge in [0.1, 0.15) is 11.6 Å². The van der Waals surface area contributed by atoms with Gasteiger partial charge in [-0.3, -0.25) is 0 Å². The molecule has 0 amide bonds. The van der Waals surface area contributed by atoms with E-state index in [1.807, 2.05) is 24.3 Å². The molecule has 0 bridgehead atoms. The molecule has 1 heterocycles. The molecule has 2 nitrogen and oxygen atoms in total. The Kier molecular flexibility index (Phi) is 9.01. The van der Waals surface area contributed by atoms with Gasteiger partial charge >= 0.3 is 0 Å². The predicted octanol–water partition coefficient (Wildman–Crippen LogP) is 9.87. The van der Waals surface area contributed by atoms with Gasteiger partial charge in [0.25, 0.3) is 0 Å². The number of nitrogens with zero attached hydrogens (tertiary/aromatic N) is 2. The van der Waals surface area contributed by atoms with Crippen LogP contribution in [0.1, 0.15) is 97.7 Å². The van der Waals surface area contributed by atoms with Gasteiger partial charge < -0.3 is 9.80 Å². The van der Waals surface area contributed by atoms with Gasteiger partial charge in [-0.1, -0.05) is 80.5 Å². The first-order valence-corrected chi connectivity index (χ1v) is 17.2. The molecule has 42 heavy (non-hydrogen) atoms. The topological polar surface area (TPSA) is 6.48 Å². The van der Waals surface area contributed by atoms with Crippen LogP contribution in [0.5, 0.6) is 0 Å². The van der Waals surface area contributed by atoms with Crippen LogP contribution in [0, 0.1) is 39.1 Å². The van der Waals surface area contributed by atoms with Gasteiger partial charge in [0.05, 0.1) is 5.44 Å². The molecule has 3 aliphatic rings. The molecule has 0 spiro atoms. The van der Waals surface area contributed by atoms with Crippen molar-refractivity contribution < 1.29 is 8.78 Å². The zero-order valence-electron chi connectivity index (χ0n) is 25.3. The van der Waals surface area contributed by atoms with E-state index in [0.717, 1.165) is 11.1 Å². The molecule has 2 fully saturated rings. The number of benzene rings is 3.